The van der Waals surface area contributed by atoms with Gasteiger partial charge < -0.3 is 0 Å². The van der Waals surface area contributed by atoms with E-state index < -0.39 is 0 Å². The van der Waals surface area contributed by atoms with E-state index in [0.717, 1.165) is 11.8 Å². The van der Waals surface area contributed by atoms with Crippen molar-refractivity contribution in [2.45, 2.75) is 39.5 Å². The van der Waals surface area contributed by atoms with E-state index in [1.807, 2.05) is 0 Å². The van der Waals surface area contributed by atoms with Gasteiger partial charge in [0.05, 0.1) is 0 Å². The monoisotopic (exact) mass is 138 g/mol. The summed E-state index contributed by atoms with van der Waals surface area (Å²) in [5, 5.41) is 0. The summed E-state index contributed by atoms with van der Waals surface area (Å²) < 4.78 is 0. The summed E-state index contributed by atoms with van der Waals surface area (Å²) in [5.41, 5.74) is 0. The van der Waals surface area contributed by atoms with Crippen molar-refractivity contribution >= 4 is 0 Å². The molecule has 0 fully saturated rings. The Hall–Kier alpha value is -0.260. The zero-order valence-electron chi connectivity index (χ0n) is 7.14. The number of hydrogen-bond acceptors (Lipinski definition) is 0. The quantitative estimate of drug-likeness (QED) is 0.450. The van der Waals surface area contributed by atoms with Crippen LogP contribution in [0.2, 0.25) is 0 Å². The van der Waals surface area contributed by atoms with E-state index in [1.54, 1.807) is 0 Å². The van der Waals surface area contributed by atoms with Crippen LogP contribution in [0.25, 0.3) is 0 Å². The first-order valence-corrected chi connectivity index (χ1v) is 4.44. The third-order valence-electron chi connectivity index (χ3n) is 2.40. The van der Waals surface area contributed by atoms with Gasteiger partial charge in [-0.3, -0.25) is 0 Å². The lowest BCUT2D eigenvalue weighted by Crippen LogP contribution is -2.01. The average molecular weight is 138 g/mol. The Morgan fingerprint density at radius 3 is 1.70 bits per heavy atom. The van der Waals surface area contributed by atoms with Crippen LogP contribution in [0.5, 0.6) is 0 Å². The Labute approximate surface area is 64.3 Å². The molecule has 0 aromatic heterocycles. The maximum atomic E-state index is 2.35. The van der Waals surface area contributed by atoms with Gasteiger partial charge in [-0.15, -0.1) is 0 Å². The molecule has 0 aliphatic heterocycles. The van der Waals surface area contributed by atoms with Crippen molar-refractivity contribution in [3.05, 3.63) is 12.2 Å². The minimum atomic E-state index is 0.916. The van der Waals surface area contributed by atoms with E-state index in [4.69, 9.17) is 0 Å². The van der Waals surface area contributed by atoms with Gasteiger partial charge in [-0.05, 0) is 24.7 Å². The first kappa shape index (κ1) is 7.84. The first-order chi connectivity index (χ1) is 4.79. The SMILES string of the molecule is CC1C/C=C\CC(C)CC1. The lowest BCUT2D eigenvalue weighted by atomic mass is 9.91. The van der Waals surface area contributed by atoms with Crippen LogP contribution >= 0.6 is 0 Å². The fourth-order valence-electron chi connectivity index (χ4n) is 1.46. The maximum absolute atomic E-state index is 2.35. The Bertz CT molecular complexity index is 99.2. The van der Waals surface area contributed by atoms with Crippen LogP contribution in [0.15, 0.2) is 12.2 Å². The van der Waals surface area contributed by atoms with Gasteiger partial charge in [-0.25, -0.2) is 0 Å². The molecule has 0 spiro atoms. The first-order valence-electron chi connectivity index (χ1n) is 4.44. The molecule has 10 heavy (non-hydrogen) atoms. The molecule has 0 saturated carbocycles. The summed E-state index contributed by atoms with van der Waals surface area (Å²) >= 11 is 0. The van der Waals surface area contributed by atoms with Crippen LogP contribution in [0.4, 0.5) is 0 Å². The molecule has 1 rings (SSSR count). The highest BCUT2D eigenvalue weighted by atomic mass is 14.1. The molecule has 0 bridgehead atoms. The van der Waals surface area contributed by atoms with Crippen LogP contribution in [0, 0.1) is 11.8 Å². The van der Waals surface area contributed by atoms with E-state index >= 15 is 0 Å². The van der Waals surface area contributed by atoms with Crippen molar-refractivity contribution in [1.29, 1.82) is 0 Å². The second-order valence-corrected chi connectivity index (χ2v) is 3.73. The molecule has 0 N–H and O–H groups in total. The van der Waals surface area contributed by atoms with Gasteiger partial charge in [0.2, 0.25) is 0 Å². The van der Waals surface area contributed by atoms with Crippen molar-refractivity contribution in [3.8, 4) is 0 Å². The van der Waals surface area contributed by atoms with Gasteiger partial charge in [0.15, 0.2) is 0 Å². The van der Waals surface area contributed by atoms with Crippen LogP contribution in [0.3, 0.4) is 0 Å². The zero-order valence-corrected chi connectivity index (χ0v) is 7.14. The van der Waals surface area contributed by atoms with Crippen molar-refractivity contribution in [2.24, 2.45) is 11.8 Å². The maximum Gasteiger partial charge on any atom is -0.0325 e. The predicted molar refractivity (Wildman–Crippen MR) is 45.9 cm³/mol. The largest absolute Gasteiger partial charge is 0.0883 e. The fourth-order valence-corrected chi connectivity index (χ4v) is 1.46. The van der Waals surface area contributed by atoms with E-state index in [-0.39, 0.29) is 0 Å². The van der Waals surface area contributed by atoms with Crippen molar-refractivity contribution in [2.75, 3.05) is 0 Å². The summed E-state index contributed by atoms with van der Waals surface area (Å²) in [5.74, 6) is 1.83. The van der Waals surface area contributed by atoms with Gasteiger partial charge in [-0.2, -0.15) is 0 Å². The third-order valence-corrected chi connectivity index (χ3v) is 2.40. The molecule has 0 saturated heterocycles. The normalized spacial score (nSPS) is 38.2. The second-order valence-electron chi connectivity index (χ2n) is 3.73. The summed E-state index contributed by atoms with van der Waals surface area (Å²) in [4.78, 5) is 0. The zero-order chi connectivity index (χ0) is 7.40. The second kappa shape index (κ2) is 3.80. The molecular formula is C10H18. The molecular weight excluding hydrogens is 120 g/mol. The molecule has 0 heterocycles. The van der Waals surface area contributed by atoms with E-state index in [1.165, 1.54) is 25.7 Å². The Balaban J connectivity index is 2.37. The molecule has 58 valence electrons. The van der Waals surface area contributed by atoms with E-state index in [2.05, 4.69) is 26.0 Å². The van der Waals surface area contributed by atoms with Crippen molar-refractivity contribution in [3.63, 3.8) is 0 Å². The van der Waals surface area contributed by atoms with Crippen LogP contribution in [0.1, 0.15) is 39.5 Å². The van der Waals surface area contributed by atoms with Gasteiger partial charge >= 0.3 is 0 Å². The Kier molecular flexibility index (Phi) is 2.98. The average Bonchev–Trinajstić information content (AvgIpc) is 1.90. The minimum absolute atomic E-state index is 0.916. The molecule has 0 aromatic rings. The van der Waals surface area contributed by atoms with Crippen molar-refractivity contribution in [1.82, 2.24) is 0 Å². The summed E-state index contributed by atoms with van der Waals surface area (Å²) in [6, 6.07) is 0. The summed E-state index contributed by atoms with van der Waals surface area (Å²) in [6.45, 7) is 4.70. The van der Waals surface area contributed by atoms with Gasteiger partial charge in [-0.1, -0.05) is 38.8 Å². The molecule has 0 aromatic carbocycles. The number of hydrogen-bond donors (Lipinski definition) is 0. The molecule has 1 aliphatic carbocycles. The van der Waals surface area contributed by atoms with Gasteiger partial charge in [0, 0.05) is 0 Å². The summed E-state index contributed by atoms with van der Waals surface area (Å²) in [6.07, 6.45) is 10.1. The van der Waals surface area contributed by atoms with E-state index in [0.29, 0.717) is 0 Å². The van der Waals surface area contributed by atoms with Crippen LogP contribution in [-0.2, 0) is 0 Å². The predicted octanol–water partition coefficient (Wildman–Crippen LogP) is 3.39. The lowest BCUT2D eigenvalue weighted by molar-refractivity contribution is 0.424. The highest BCUT2D eigenvalue weighted by molar-refractivity contribution is 4.86. The van der Waals surface area contributed by atoms with Gasteiger partial charge in [0.25, 0.3) is 0 Å². The molecule has 0 amide bonds. The third kappa shape index (κ3) is 2.55. The molecule has 0 nitrogen and oxygen atoms in total. The highest BCUT2D eigenvalue weighted by Gasteiger charge is 2.06. The van der Waals surface area contributed by atoms with E-state index in [9.17, 15) is 0 Å². The van der Waals surface area contributed by atoms with Gasteiger partial charge in [0.1, 0.15) is 0 Å². The Morgan fingerprint density at radius 1 is 0.900 bits per heavy atom. The molecule has 2 atom stereocenters. The topological polar surface area (TPSA) is 0 Å². The van der Waals surface area contributed by atoms with Crippen LogP contribution < -0.4 is 0 Å². The summed E-state index contributed by atoms with van der Waals surface area (Å²) in [7, 11) is 0. The molecule has 0 heteroatoms. The minimum Gasteiger partial charge on any atom is -0.0883 e. The fraction of sp³-hybridized carbons (Fsp3) is 0.800. The van der Waals surface area contributed by atoms with Crippen molar-refractivity contribution < 1.29 is 0 Å². The molecule has 1 aliphatic rings. The Morgan fingerprint density at radius 2 is 1.30 bits per heavy atom. The highest BCUT2D eigenvalue weighted by Crippen LogP contribution is 2.21. The smallest absolute Gasteiger partial charge is 0.0325 e. The lowest BCUT2D eigenvalue weighted by Gasteiger charge is -2.15. The molecule has 0 radical (unpaired) electrons. The number of allylic oxidation sites excluding steroid dienone is 2. The molecule has 2 unspecified atom stereocenters. The standard InChI is InChI=1S/C10H18/c1-9-5-3-4-6-10(2)8-7-9/h3-4,9-10H,5-8H2,1-2H3/b4-3-. The number of rotatable bonds is 0. The van der Waals surface area contributed by atoms with Crippen LogP contribution in [-0.4, -0.2) is 0 Å².